The Balaban J connectivity index is 2.00. The standard InChI is InChI=1S/C17H18N4O/c1-3-14-6-4-5-7-15(14)20-17(22)12-21(2)16-9-8-13(10-18)11-19-16/h4-9,11H,3,12H2,1-2H3,(H,20,22). The SMILES string of the molecule is CCc1ccccc1NC(=O)CN(C)c1ccc(C#N)cn1. The molecule has 5 heteroatoms. The molecule has 0 unspecified atom stereocenters. The first-order valence-corrected chi connectivity index (χ1v) is 7.09. The quantitative estimate of drug-likeness (QED) is 0.920. The molecular formula is C17H18N4O. The zero-order valence-electron chi connectivity index (χ0n) is 12.7. The van der Waals surface area contributed by atoms with Crippen molar-refractivity contribution in [2.45, 2.75) is 13.3 Å². The van der Waals surface area contributed by atoms with E-state index in [2.05, 4.69) is 17.2 Å². The lowest BCUT2D eigenvalue weighted by Gasteiger charge is -2.18. The minimum Gasteiger partial charge on any atom is -0.350 e. The number of benzene rings is 1. The molecule has 22 heavy (non-hydrogen) atoms. The highest BCUT2D eigenvalue weighted by molar-refractivity contribution is 5.94. The number of aromatic nitrogens is 1. The maximum Gasteiger partial charge on any atom is 0.243 e. The van der Waals surface area contributed by atoms with Gasteiger partial charge in [0.1, 0.15) is 11.9 Å². The number of carbonyl (C=O) groups is 1. The third kappa shape index (κ3) is 3.83. The second-order valence-electron chi connectivity index (χ2n) is 4.93. The van der Waals surface area contributed by atoms with Gasteiger partial charge in [0.25, 0.3) is 0 Å². The lowest BCUT2D eigenvalue weighted by atomic mass is 10.1. The van der Waals surface area contributed by atoms with Gasteiger partial charge in [0.2, 0.25) is 5.91 Å². The lowest BCUT2D eigenvalue weighted by Crippen LogP contribution is -2.30. The molecule has 1 heterocycles. The third-order valence-corrected chi connectivity index (χ3v) is 3.32. The van der Waals surface area contributed by atoms with Gasteiger partial charge in [0.05, 0.1) is 12.1 Å². The topological polar surface area (TPSA) is 69.0 Å². The van der Waals surface area contributed by atoms with E-state index in [0.717, 1.165) is 17.7 Å². The molecule has 1 amide bonds. The van der Waals surface area contributed by atoms with Gasteiger partial charge in [-0.05, 0) is 30.2 Å². The molecular weight excluding hydrogens is 276 g/mol. The number of likely N-dealkylation sites (N-methyl/N-ethyl adjacent to an activating group) is 1. The van der Waals surface area contributed by atoms with Gasteiger partial charge in [-0.15, -0.1) is 0 Å². The van der Waals surface area contributed by atoms with E-state index in [-0.39, 0.29) is 12.5 Å². The maximum absolute atomic E-state index is 12.2. The van der Waals surface area contributed by atoms with Crippen LogP contribution in [0.15, 0.2) is 42.6 Å². The molecule has 112 valence electrons. The van der Waals surface area contributed by atoms with E-state index >= 15 is 0 Å². The Morgan fingerprint density at radius 3 is 2.73 bits per heavy atom. The summed E-state index contributed by atoms with van der Waals surface area (Å²) in [5.74, 6) is 0.549. The minimum absolute atomic E-state index is 0.102. The third-order valence-electron chi connectivity index (χ3n) is 3.32. The smallest absolute Gasteiger partial charge is 0.243 e. The number of nitriles is 1. The van der Waals surface area contributed by atoms with Crippen LogP contribution in [0.2, 0.25) is 0 Å². The Bertz CT molecular complexity index is 689. The maximum atomic E-state index is 12.2. The highest BCUT2D eigenvalue weighted by Gasteiger charge is 2.10. The van der Waals surface area contributed by atoms with Crippen LogP contribution in [0.5, 0.6) is 0 Å². The van der Waals surface area contributed by atoms with Gasteiger partial charge in [-0.1, -0.05) is 25.1 Å². The zero-order chi connectivity index (χ0) is 15.9. The van der Waals surface area contributed by atoms with Gasteiger partial charge in [-0.3, -0.25) is 4.79 Å². The number of para-hydroxylation sites is 1. The molecule has 0 aliphatic heterocycles. The number of anilines is 2. The number of pyridine rings is 1. The highest BCUT2D eigenvalue weighted by Crippen LogP contribution is 2.15. The van der Waals surface area contributed by atoms with Crippen molar-refractivity contribution in [3.8, 4) is 6.07 Å². The molecule has 0 aliphatic carbocycles. The molecule has 0 atom stereocenters. The monoisotopic (exact) mass is 294 g/mol. The van der Waals surface area contributed by atoms with Crippen LogP contribution in [-0.2, 0) is 11.2 Å². The molecule has 2 aromatic rings. The summed E-state index contributed by atoms with van der Waals surface area (Å²) in [5, 5.41) is 11.7. The molecule has 0 bridgehead atoms. The number of nitrogens with zero attached hydrogens (tertiary/aromatic N) is 3. The number of amides is 1. The zero-order valence-corrected chi connectivity index (χ0v) is 12.7. The number of nitrogens with one attached hydrogen (secondary N) is 1. The number of aryl methyl sites for hydroxylation is 1. The van der Waals surface area contributed by atoms with E-state index in [1.165, 1.54) is 6.20 Å². The van der Waals surface area contributed by atoms with Crippen LogP contribution < -0.4 is 10.2 Å². The van der Waals surface area contributed by atoms with Gasteiger partial charge in [0.15, 0.2) is 0 Å². The highest BCUT2D eigenvalue weighted by atomic mass is 16.2. The van der Waals surface area contributed by atoms with Crippen molar-refractivity contribution in [3.63, 3.8) is 0 Å². The molecule has 0 aliphatic rings. The van der Waals surface area contributed by atoms with E-state index in [4.69, 9.17) is 5.26 Å². The number of hydrogen-bond acceptors (Lipinski definition) is 4. The second kappa shape index (κ2) is 7.23. The van der Waals surface area contributed by atoms with E-state index in [1.54, 1.807) is 24.1 Å². The average Bonchev–Trinajstić information content (AvgIpc) is 2.55. The molecule has 1 N–H and O–H groups in total. The Labute approximate surface area is 130 Å². The first-order valence-electron chi connectivity index (χ1n) is 7.09. The number of hydrogen-bond donors (Lipinski definition) is 1. The predicted octanol–water partition coefficient (Wildman–Crippen LogP) is 2.59. The molecule has 0 spiro atoms. The van der Waals surface area contributed by atoms with Gasteiger partial charge in [0, 0.05) is 18.9 Å². The first-order chi connectivity index (χ1) is 10.6. The fourth-order valence-electron chi connectivity index (χ4n) is 2.11. The molecule has 1 aromatic carbocycles. The van der Waals surface area contributed by atoms with Crippen molar-refractivity contribution in [1.82, 2.24) is 4.98 Å². The van der Waals surface area contributed by atoms with Crippen LogP contribution in [0, 0.1) is 11.3 Å². The van der Waals surface area contributed by atoms with Gasteiger partial charge in [-0.25, -0.2) is 4.98 Å². The van der Waals surface area contributed by atoms with E-state index in [0.29, 0.717) is 11.4 Å². The molecule has 0 saturated carbocycles. The van der Waals surface area contributed by atoms with Crippen molar-refractivity contribution in [3.05, 3.63) is 53.7 Å². The van der Waals surface area contributed by atoms with E-state index < -0.39 is 0 Å². The van der Waals surface area contributed by atoms with Crippen LogP contribution in [0.25, 0.3) is 0 Å². The van der Waals surface area contributed by atoms with Crippen molar-refractivity contribution < 1.29 is 4.79 Å². The Morgan fingerprint density at radius 2 is 2.09 bits per heavy atom. The molecule has 5 nitrogen and oxygen atoms in total. The van der Waals surface area contributed by atoms with E-state index in [1.807, 2.05) is 30.3 Å². The van der Waals surface area contributed by atoms with Crippen molar-refractivity contribution in [2.24, 2.45) is 0 Å². The molecule has 0 saturated heterocycles. The summed E-state index contributed by atoms with van der Waals surface area (Å²) in [6.45, 7) is 2.24. The summed E-state index contributed by atoms with van der Waals surface area (Å²) in [6.07, 6.45) is 2.36. The van der Waals surface area contributed by atoms with Crippen molar-refractivity contribution >= 4 is 17.4 Å². The average molecular weight is 294 g/mol. The first kappa shape index (κ1) is 15.5. The Morgan fingerprint density at radius 1 is 1.32 bits per heavy atom. The minimum atomic E-state index is -0.102. The predicted molar refractivity (Wildman–Crippen MR) is 86.7 cm³/mol. The largest absolute Gasteiger partial charge is 0.350 e. The summed E-state index contributed by atoms with van der Waals surface area (Å²) < 4.78 is 0. The Kier molecular flexibility index (Phi) is 5.10. The van der Waals surface area contributed by atoms with E-state index in [9.17, 15) is 4.79 Å². The molecule has 1 aromatic heterocycles. The summed E-state index contributed by atoms with van der Waals surface area (Å²) in [4.78, 5) is 18.1. The Hall–Kier alpha value is -2.87. The van der Waals surface area contributed by atoms with Crippen molar-refractivity contribution in [2.75, 3.05) is 23.8 Å². The number of carbonyl (C=O) groups excluding carboxylic acids is 1. The van der Waals surface area contributed by atoms with Crippen LogP contribution in [0.4, 0.5) is 11.5 Å². The van der Waals surface area contributed by atoms with Crippen molar-refractivity contribution in [1.29, 1.82) is 5.26 Å². The second-order valence-corrected chi connectivity index (χ2v) is 4.93. The fraction of sp³-hybridized carbons (Fsp3) is 0.235. The van der Waals surface area contributed by atoms with Crippen LogP contribution in [0.3, 0.4) is 0 Å². The molecule has 0 fully saturated rings. The summed E-state index contributed by atoms with van der Waals surface area (Å²) in [7, 11) is 1.79. The summed E-state index contributed by atoms with van der Waals surface area (Å²) >= 11 is 0. The lowest BCUT2D eigenvalue weighted by molar-refractivity contribution is -0.114. The van der Waals surface area contributed by atoms with Gasteiger partial charge < -0.3 is 10.2 Å². The van der Waals surface area contributed by atoms with Crippen LogP contribution in [0.1, 0.15) is 18.1 Å². The van der Waals surface area contributed by atoms with Crippen LogP contribution in [-0.4, -0.2) is 24.5 Å². The van der Waals surface area contributed by atoms with Gasteiger partial charge >= 0.3 is 0 Å². The molecule has 0 radical (unpaired) electrons. The number of rotatable bonds is 5. The van der Waals surface area contributed by atoms with Gasteiger partial charge in [-0.2, -0.15) is 5.26 Å². The summed E-state index contributed by atoms with van der Waals surface area (Å²) in [5.41, 5.74) is 2.45. The summed E-state index contributed by atoms with van der Waals surface area (Å²) in [6, 6.07) is 13.2. The normalized spacial score (nSPS) is 9.86. The van der Waals surface area contributed by atoms with Crippen LogP contribution >= 0.6 is 0 Å². The molecule has 2 rings (SSSR count). The fourth-order valence-corrected chi connectivity index (χ4v) is 2.11.